The number of nitrogens with one attached hydrogen (secondary N) is 4. The fraction of sp³-hybridized carbons (Fsp3) is 0.525. The molecule has 2 unspecified atom stereocenters. The first-order valence-corrected chi connectivity index (χ1v) is 28.3. The Bertz CT molecular complexity index is 2520. The predicted octanol–water partition coefficient (Wildman–Crippen LogP) is 3.65. The van der Waals surface area contributed by atoms with Crippen LogP contribution in [0.4, 0.5) is 4.79 Å². The zero-order chi connectivity index (χ0) is 60.9. The fourth-order valence-electron chi connectivity index (χ4n) is 9.17. The molecule has 2 saturated heterocycles. The SMILES string of the molecule is C=CCC[C@H](N)C(=O)N(C)[C@H](C)[C@H](O)c1ccccc1.CC(=O)[C@@H](NC(=O)CNC(=O)C(=O)C1CCCCCCCC(NC(=O)OCC(C)C)C(=O)N2CCC[C@H]2C(=O)N1)c1ccccc1.C[C@H]([C@H](O)c1ccccc1)N(C)C(=O)CN.O. The number of nitrogens with zero attached hydrogens (tertiary/aromatic N) is 3. The molecule has 7 amide bonds. The summed E-state index contributed by atoms with van der Waals surface area (Å²) in [5, 5.41) is 30.6. The van der Waals surface area contributed by atoms with E-state index in [1.807, 2.05) is 81.4 Å². The predicted molar refractivity (Wildman–Crippen MR) is 315 cm³/mol. The lowest BCUT2D eigenvalue weighted by molar-refractivity contribution is -0.143. The van der Waals surface area contributed by atoms with E-state index in [-0.39, 0.29) is 66.6 Å². The molecule has 2 fully saturated rings. The van der Waals surface area contributed by atoms with E-state index in [2.05, 4.69) is 27.8 Å². The molecule has 3 aromatic carbocycles. The molecule has 22 heteroatoms. The van der Waals surface area contributed by atoms with E-state index in [1.54, 1.807) is 57.4 Å². The topological polar surface area (TPSA) is 345 Å². The van der Waals surface area contributed by atoms with Crippen molar-refractivity contribution < 1.29 is 63.6 Å². The first-order chi connectivity index (χ1) is 39.0. The minimum atomic E-state index is -1.15. The quantitative estimate of drug-likeness (QED) is 0.0558. The van der Waals surface area contributed by atoms with Gasteiger partial charge >= 0.3 is 6.09 Å². The van der Waals surface area contributed by atoms with Crippen molar-refractivity contribution in [1.82, 2.24) is 36.0 Å². The van der Waals surface area contributed by atoms with Crippen LogP contribution in [0, 0.1) is 5.92 Å². The molecule has 0 saturated carbocycles. The second-order valence-electron chi connectivity index (χ2n) is 21.2. The molecule has 0 aliphatic carbocycles. The minimum absolute atomic E-state index is 0. The molecule has 0 spiro atoms. The zero-order valence-corrected chi connectivity index (χ0v) is 49.3. The van der Waals surface area contributed by atoms with Gasteiger partial charge in [-0.15, -0.1) is 6.58 Å². The van der Waals surface area contributed by atoms with E-state index in [0.29, 0.717) is 57.1 Å². The van der Waals surface area contributed by atoms with E-state index in [4.69, 9.17) is 16.2 Å². The summed E-state index contributed by atoms with van der Waals surface area (Å²) in [6.45, 7) is 12.3. The van der Waals surface area contributed by atoms with Gasteiger partial charge in [0.05, 0.1) is 56.1 Å². The van der Waals surface area contributed by atoms with Crippen molar-refractivity contribution in [3.8, 4) is 0 Å². The van der Waals surface area contributed by atoms with Gasteiger partial charge in [0, 0.05) is 20.6 Å². The van der Waals surface area contributed by atoms with Gasteiger partial charge in [-0.2, -0.15) is 0 Å². The maximum Gasteiger partial charge on any atom is 0.407 e. The largest absolute Gasteiger partial charge is 0.449 e. The highest BCUT2D eigenvalue weighted by Gasteiger charge is 2.40. The maximum atomic E-state index is 13.6. The molecule has 3 aromatic rings. The number of fused-ring (bicyclic) bond motifs is 1. The van der Waals surface area contributed by atoms with Gasteiger partial charge in [-0.1, -0.05) is 143 Å². The van der Waals surface area contributed by atoms with E-state index < -0.39 is 78.6 Å². The molecule has 9 atom stereocenters. The van der Waals surface area contributed by atoms with Gasteiger partial charge in [0.25, 0.3) is 5.91 Å². The molecule has 0 bridgehead atoms. The Morgan fingerprint density at radius 3 is 1.81 bits per heavy atom. The number of carbonyl (C=O) groups is 9. The average Bonchev–Trinajstić information content (AvgIpc) is 4.04. The number of aliphatic hydroxyl groups is 2. The zero-order valence-electron chi connectivity index (χ0n) is 49.3. The lowest BCUT2D eigenvalue weighted by Crippen LogP contribution is -2.56. The highest BCUT2D eigenvalue weighted by atomic mass is 16.5. The first-order valence-electron chi connectivity index (χ1n) is 28.3. The molecule has 0 aromatic heterocycles. The van der Waals surface area contributed by atoms with Gasteiger partial charge in [0.1, 0.15) is 18.1 Å². The number of amides is 7. The number of aliphatic hydroxyl groups excluding tert-OH is 2. The number of allylic oxidation sites excluding steroid dienone is 1. The summed E-state index contributed by atoms with van der Waals surface area (Å²) in [4.78, 5) is 118. The number of rotatable bonds is 21. The monoisotopic (exact) mass is 1160 g/mol. The second kappa shape index (κ2) is 37.7. The van der Waals surface area contributed by atoms with Crippen LogP contribution in [-0.4, -0.2) is 160 Å². The van der Waals surface area contributed by atoms with Crippen LogP contribution in [0.3, 0.4) is 0 Å². The summed E-state index contributed by atoms with van der Waals surface area (Å²) < 4.78 is 5.23. The number of likely N-dealkylation sites (N-methyl/N-ethyl adjacent to an activating group) is 2. The Labute approximate surface area is 488 Å². The Kier molecular flexibility index (Phi) is 32.6. The maximum absolute atomic E-state index is 13.6. The van der Waals surface area contributed by atoms with Crippen molar-refractivity contribution in [2.24, 2.45) is 17.4 Å². The Morgan fingerprint density at radius 1 is 0.771 bits per heavy atom. The molecule has 2 heterocycles. The van der Waals surface area contributed by atoms with Crippen LogP contribution in [0.15, 0.2) is 104 Å². The van der Waals surface area contributed by atoms with Crippen LogP contribution >= 0.6 is 0 Å². The number of Topliss-reactive ketones (excluding diaryl/α,β-unsaturated/α-hetero) is 2. The van der Waals surface area contributed by atoms with Crippen molar-refractivity contribution in [3.63, 3.8) is 0 Å². The van der Waals surface area contributed by atoms with Gasteiger partial charge in [0.15, 0.2) is 5.78 Å². The summed E-state index contributed by atoms with van der Waals surface area (Å²) in [6, 6.07) is 22.3. The number of hydrogen-bond donors (Lipinski definition) is 8. The van der Waals surface area contributed by atoms with Crippen molar-refractivity contribution in [2.45, 2.75) is 160 Å². The van der Waals surface area contributed by atoms with Crippen LogP contribution in [0.2, 0.25) is 0 Å². The third kappa shape index (κ3) is 23.8. The smallest absolute Gasteiger partial charge is 0.407 e. The number of alkyl carbamates (subject to hydrolysis) is 1. The molecule has 12 N–H and O–H groups in total. The lowest BCUT2D eigenvalue weighted by atomic mass is 9.99. The minimum Gasteiger partial charge on any atom is -0.449 e. The van der Waals surface area contributed by atoms with E-state index in [0.717, 1.165) is 30.4 Å². The van der Waals surface area contributed by atoms with Crippen molar-refractivity contribution in [3.05, 3.63) is 120 Å². The van der Waals surface area contributed by atoms with E-state index in [1.165, 1.54) is 21.6 Å². The standard InChI is InChI=1S/C33H47N5O8.C16H24N2O2.C12H18N2O2.H2O/c1-21(2)20-46-33(45)36-25-16-11-6-4-5-10-15-24(35-30(42)26-17-12-18-38(26)32(25)44)29(41)31(43)34-19-27(40)37-28(22(3)39)23-13-8-7-9-14-23;1-4-5-11-14(17)16(20)18(3)12(2)15(19)13-9-7-6-8-10-13;1-9(14(2)11(15)8-13)12(16)10-6-4-3-5-7-10;/h7-9,13-14,21,24-26,28H,4-6,10-12,15-20H2,1-3H3,(H,34,43)(H,35,42)(H,36,45)(H,37,40);4,6-10,12,14-15,19H,1,5,11,17H2,2-3H3;3-7,9,12,16H,8,13H2,1-2H3;1H2/t24?,25?,26-,28+;12-,14+,15+;9-,12+;/m011./s1. The van der Waals surface area contributed by atoms with Gasteiger partial charge in [0.2, 0.25) is 35.3 Å². The molecule has 83 heavy (non-hydrogen) atoms. The highest BCUT2D eigenvalue weighted by molar-refractivity contribution is 6.38. The summed E-state index contributed by atoms with van der Waals surface area (Å²) in [6.07, 6.45) is 6.04. The van der Waals surface area contributed by atoms with Crippen LogP contribution in [-0.2, 0) is 43.1 Å². The van der Waals surface area contributed by atoms with Gasteiger partial charge in [-0.05, 0) is 81.9 Å². The van der Waals surface area contributed by atoms with Crippen molar-refractivity contribution >= 4 is 53.1 Å². The summed E-state index contributed by atoms with van der Waals surface area (Å²) in [7, 11) is 3.32. The average molecular weight is 1160 g/mol. The summed E-state index contributed by atoms with van der Waals surface area (Å²) in [5.41, 5.74) is 13.3. The normalized spacial score (nSPS) is 18.4. The number of carbonyl (C=O) groups excluding carboxylic acids is 9. The molecule has 458 valence electrons. The summed E-state index contributed by atoms with van der Waals surface area (Å²) >= 11 is 0. The summed E-state index contributed by atoms with van der Waals surface area (Å²) in [5.74, 6) is -4.04. The molecular formula is C61H91N9O13. The molecule has 5 rings (SSSR count). The first kappa shape index (κ1) is 71.7. The fourth-order valence-corrected chi connectivity index (χ4v) is 9.17. The Hall–Kier alpha value is -7.37. The van der Waals surface area contributed by atoms with Crippen molar-refractivity contribution in [2.75, 3.05) is 40.3 Å². The van der Waals surface area contributed by atoms with Crippen LogP contribution in [0.25, 0.3) is 0 Å². The molecule has 2 aliphatic heterocycles. The van der Waals surface area contributed by atoms with Gasteiger partial charge in [-0.25, -0.2) is 4.79 Å². The Morgan fingerprint density at radius 2 is 1.29 bits per heavy atom. The number of hydrogen-bond acceptors (Lipinski definition) is 14. The van der Waals surface area contributed by atoms with Crippen LogP contribution < -0.4 is 32.7 Å². The molecule has 22 nitrogen and oxygen atoms in total. The number of nitrogens with two attached hydrogens (primary N) is 2. The third-order valence-electron chi connectivity index (χ3n) is 14.4. The number of ketones is 2. The van der Waals surface area contributed by atoms with Gasteiger partial charge < -0.3 is 67.9 Å². The van der Waals surface area contributed by atoms with E-state index in [9.17, 15) is 53.4 Å². The molecule has 0 radical (unpaired) electrons. The third-order valence-corrected chi connectivity index (χ3v) is 14.4. The van der Waals surface area contributed by atoms with Crippen LogP contribution in [0.1, 0.15) is 140 Å². The number of benzene rings is 3. The van der Waals surface area contributed by atoms with Crippen LogP contribution in [0.5, 0.6) is 0 Å². The highest BCUT2D eigenvalue weighted by Crippen LogP contribution is 2.24. The van der Waals surface area contributed by atoms with Gasteiger partial charge in [-0.3, -0.25) is 38.4 Å². The number of ether oxygens (including phenoxy) is 1. The van der Waals surface area contributed by atoms with E-state index >= 15 is 0 Å². The Balaban J connectivity index is 0.000000519. The second-order valence-corrected chi connectivity index (χ2v) is 21.2. The molecular weight excluding hydrogens is 1070 g/mol. The molecule has 2 aliphatic rings. The van der Waals surface area contributed by atoms with Crippen molar-refractivity contribution in [1.29, 1.82) is 0 Å². The lowest BCUT2D eigenvalue weighted by Gasteiger charge is -2.31.